The standard InChI is InChI=1S/C24H27N9O/c1-26-17-6-7-20-16(12-17)15-28-33(20)23-8-9-27-24(30-23)29-19-13-18(25)21(14-22(19)34-5)32(4)11-10-31(2)3/h6-9,12-15H,10-11,25H2,2-5H3,(H,27,29,30). The molecule has 0 aliphatic carbocycles. The molecule has 0 saturated heterocycles. The monoisotopic (exact) mass is 457 g/mol. The van der Waals surface area contributed by atoms with Crippen LogP contribution in [0.15, 0.2) is 48.8 Å². The van der Waals surface area contributed by atoms with Crippen LogP contribution in [-0.2, 0) is 0 Å². The minimum Gasteiger partial charge on any atom is -0.494 e. The van der Waals surface area contributed by atoms with Crippen LogP contribution in [-0.4, -0.2) is 66.0 Å². The number of benzene rings is 2. The quantitative estimate of drug-likeness (QED) is 0.305. The van der Waals surface area contributed by atoms with Crippen molar-refractivity contribution < 1.29 is 4.74 Å². The van der Waals surface area contributed by atoms with Crippen LogP contribution in [0.3, 0.4) is 0 Å². The maximum atomic E-state index is 7.19. The number of fused-ring (bicyclic) bond motifs is 1. The summed E-state index contributed by atoms with van der Waals surface area (Å²) >= 11 is 0. The van der Waals surface area contributed by atoms with Gasteiger partial charge in [-0.25, -0.2) is 14.5 Å². The molecule has 2 aromatic heterocycles. The second kappa shape index (κ2) is 9.64. The van der Waals surface area contributed by atoms with Crippen molar-refractivity contribution in [2.24, 2.45) is 0 Å². The molecule has 2 aromatic carbocycles. The number of anilines is 4. The molecule has 0 atom stereocenters. The van der Waals surface area contributed by atoms with Crippen LogP contribution in [0.5, 0.6) is 5.75 Å². The summed E-state index contributed by atoms with van der Waals surface area (Å²) in [4.78, 5) is 16.7. The van der Waals surface area contributed by atoms with Gasteiger partial charge in [-0.15, -0.1) is 0 Å². The number of hydrogen-bond acceptors (Lipinski definition) is 8. The van der Waals surface area contributed by atoms with E-state index in [-0.39, 0.29) is 0 Å². The molecule has 0 bridgehead atoms. The number of aromatic nitrogens is 4. The molecular weight excluding hydrogens is 430 g/mol. The zero-order valence-electron chi connectivity index (χ0n) is 19.6. The number of rotatable bonds is 8. The van der Waals surface area contributed by atoms with Crippen LogP contribution in [0.4, 0.5) is 28.7 Å². The summed E-state index contributed by atoms with van der Waals surface area (Å²) in [6, 6.07) is 10.9. The van der Waals surface area contributed by atoms with Crippen LogP contribution >= 0.6 is 0 Å². The number of methoxy groups -OCH3 is 1. The molecule has 174 valence electrons. The Morgan fingerprint density at radius 3 is 2.71 bits per heavy atom. The smallest absolute Gasteiger partial charge is 0.229 e. The summed E-state index contributed by atoms with van der Waals surface area (Å²) in [5, 5.41) is 8.52. The topological polar surface area (TPSA) is 102 Å². The van der Waals surface area contributed by atoms with Crippen molar-refractivity contribution in [3.05, 3.63) is 60.2 Å². The van der Waals surface area contributed by atoms with E-state index in [4.69, 9.17) is 17.0 Å². The van der Waals surface area contributed by atoms with Gasteiger partial charge < -0.3 is 25.6 Å². The highest BCUT2D eigenvalue weighted by Gasteiger charge is 2.14. The summed E-state index contributed by atoms with van der Waals surface area (Å²) in [6.07, 6.45) is 3.37. The molecule has 0 aliphatic rings. The predicted molar refractivity (Wildman–Crippen MR) is 135 cm³/mol. The van der Waals surface area contributed by atoms with Gasteiger partial charge in [-0.1, -0.05) is 6.07 Å². The Kier molecular flexibility index (Phi) is 6.47. The molecule has 0 spiro atoms. The van der Waals surface area contributed by atoms with E-state index in [9.17, 15) is 0 Å². The summed E-state index contributed by atoms with van der Waals surface area (Å²) in [7, 11) is 7.69. The molecule has 10 nitrogen and oxygen atoms in total. The first kappa shape index (κ1) is 22.8. The molecule has 0 fully saturated rings. The fourth-order valence-corrected chi connectivity index (χ4v) is 3.57. The largest absolute Gasteiger partial charge is 0.494 e. The van der Waals surface area contributed by atoms with Gasteiger partial charge in [0.05, 0.1) is 42.5 Å². The average Bonchev–Trinajstić information content (AvgIpc) is 3.26. The maximum Gasteiger partial charge on any atom is 0.229 e. The van der Waals surface area contributed by atoms with E-state index < -0.39 is 0 Å². The van der Waals surface area contributed by atoms with E-state index in [1.807, 2.05) is 39.3 Å². The minimum atomic E-state index is 0.380. The molecule has 0 amide bonds. The molecule has 0 unspecified atom stereocenters. The number of nitrogens with two attached hydrogens (primary N) is 1. The average molecular weight is 458 g/mol. The first-order chi connectivity index (χ1) is 16.4. The van der Waals surface area contributed by atoms with Crippen molar-refractivity contribution >= 4 is 39.6 Å². The van der Waals surface area contributed by atoms with Gasteiger partial charge in [-0.3, -0.25) is 0 Å². The minimum absolute atomic E-state index is 0.380. The predicted octanol–water partition coefficient (Wildman–Crippen LogP) is 3.70. The normalized spacial score (nSPS) is 10.9. The van der Waals surface area contributed by atoms with Crippen molar-refractivity contribution in [1.82, 2.24) is 24.6 Å². The second-order valence-corrected chi connectivity index (χ2v) is 8.11. The van der Waals surface area contributed by atoms with E-state index in [1.165, 1.54) is 0 Å². The van der Waals surface area contributed by atoms with Gasteiger partial charge in [-0.2, -0.15) is 10.1 Å². The zero-order valence-corrected chi connectivity index (χ0v) is 19.6. The lowest BCUT2D eigenvalue weighted by molar-refractivity contribution is 0.413. The lowest BCUT2D eigenvalue weighted by atomic mass is 10.2. The van der Waals surface area contributed by atoms with E-state index in [2.05, 4.69) is 35.0 Å². The Morgan fingerprint density at radius 2 is 1.97 bits per heavy atom. The highest BCUT2D eigenvalue weighted by atomic mass is 16.5. The summed E-state index contributed by atoms with van der Waals surface area (Å²) in [5.74, 6) is 1.60. The Balaban J connectivity index is 1.62. The van der Waals surface area contributed by atoms with Crippen molar-refractivity contribution in [3.8, 4) is 11.6 Å². The first-order valence-corrected chi connectivity index (χ1v) is 10.7. The van der Waals surface area contributed by atoms with Crippen LogP contribution in [0.2, 0.25) is 0 Å². The Morgan fingerprint density at radius 1 is 1.15 bits per heavy atom. The molecule has 0 aliphatic heterocycles. The van der Waals surface area contributed by atoms with E-state index in [1.54, 1.807) is 42.4 Å². The SMILES string of the molecule is [C-]#[N+]c1ccc2c(cnn2-c2ccnc(Nc3cc(N)c(N(C)CCN(C)C)cc3OC)n2)c1. The van der Waals surface area contributed by atoms with Gasteiger partial charge in [-0.05, 0) is 32.3 Å². The van der Waals surface area contributed by atoms with Crippen LogP contribution < -0.4 is 20.7 Å². The Labute approximate surface area is 198 Å². The molecule has 4 rings (SSSR count). The van der Waals surface area contributed by atoms with Crippen LogP contribution in [0, 0.1) is 6.57 Å². The third-order valence-corrected chi connectivity index (χ3v) is 5.43. The fraction of sp³-hybridized carbons (Fsp3) is 0.250. The number of nitrogens with one attached hydrogen (secondary N) is 1. The molecular formula is C24H27N9O. The van der Waals surface area contributed by atoms with Gasteiger partial charge in [0, 0.05) is 43.9 Å². The number of ether oxygens (including phenoxy) is 1. The van der Waals surface area contributed by atoms with Gasteiger partial charge in [0.25, 0.3) is 0 Å². The molecule has 4 aromatic rings. The summed E-state index contributed by atoms with van der Waals surface area (Å²) in [5.41, 5.74) is 9.96. The zero-order chi connectivity index (χ0) is 24.2. The number of nitrogen functional groups attached to an aromatic ring is 1. The van der Waals surface area contributed by atoms with E-state index >= 15 is 0 Å². The van der Waals surface area contributed by atoms with Gasteiger partial charge >= 0.3 is 0 Å². The van der Waals surface area contributed by atoms with Crippen molar-refractivity contribution in [1.29, 1.82) is 0 Å². The Bertz CT molecular complexity index is 1360. The van der Waals surface area contributed by atoms with Gasteiger partial charge in [0.15, 0.2) is 11.5 Å². The van der Waals surface area contributed by atoms with Crippen LogP contribution in [0.25, 0.3) is 21.6 Å². The van der Waals surface area contributed by atoms with Crippen molar-refractivity contribution in [3.63, 3.8) is 0 Å². The van der Waals surface area contributed by atoms with E-state index in [0.717, 1.165) is 29.7 Å². The van der Waals surface area contributed by atoms with Crippen molar-refractivity contribution in [2.45, 2.75) is 0 Å². The lowest BCUT2D eigenvalue weighted by Crippen LogP contribution is -2.29. The second-order valence-electron chi connectivity index (χ2n) is 8.11. The highest BCUT2D eigenvalue weighted by molar-refractivity contribution is 5.84. The molecule has 0 saturated carbocycles. The third kappa shape index (κ3) is 4.69. The Hall–Kier alpha value is -4.36. The number of hydrogen-bond donors (Lipinski definition) is 2. The van der Waals surface area contributed by atoms with Crippen LogP contribution in [0.1, 0.15) is 0 Å². The molecule has 2 heterocycles. The van der Waals surface area contributed by atoms with Crippen molar-refractivity contribution in [2.75, 3.05) is 57.3 Å². The molecule has 10 heteroatoms. The van der Waals surface area contributed by atoms with E-state index in [0.29, 0.717) is 34.6 Å². The third-order valence-electron chi connectivity index (χ3n) is 5.43. The number of likely N-dealkylation sites (N-methyl/N-ethyl adjacent to an activating group) is 2. The molecule has 3 N–H and O–H groups in total. The summed E-state index contributed by atoms with van der Waals surface area (Å²) in [6.45, 7) is 8.92. The lowest BCUT2D eigenvalue weighted by Gasteiger charge is -2.24. The van der Waals surface area contributed by atoms with Gasteiger partial charge in [0.2, 0.25) is 5.95 Å². The molecule has 0 radical (unpaired) electrons. The maximum absolute atomic E-state index is 7.19. The first-order valence-electron chi connectivity index (χ1n) is 10.7. The molecule has 34 heavy (non-hydrogen) atoms. The fourth-order valence-electron chi connectivity index (χ4n) is 3.57. The summed E-state index contributed by atoms with van der Waals surface area (Å²) < 4.78 is 7.33. The highest BCUT2D eigenvalue weighted by Crippen LogP contribution is 2.36. The number of nitrogens with zero attached hydrogens (tertiary/aromatic N) is 7. The van der Waals surface area contributed by atoms with Gasteiger partial charge in [0.1, 0.15) is 5.75 Å².